The zero-order chi connectivity index (χ0) is 0. The molecule has 0 radical (unpaired) electrons. The van der Waals surface area contributed by atoms with Crippen LogP contribution in [-0.4, -0.2) is 0 Å². The van der Waals surface area contributed by atoms with Crippen molar-refractivity contribution in [2.45, 2.75) is 0 Å². The van der Waals surface area contributed by atoms with E-state index in [2.05, 4.69) is 0 Å². The molecule has 0 aromatic rings. The van der Waals surface area contributed by atoms with Crippen LogP contribution in [0.2, 0.25) is 0 Å². The van der Waals surface area contributed by atoms with E-state index in [0.29, 0.717) is 0 Å². The van der Waals surface area contributed by atoms with Crippen molar-refractivity contribution >= 4 is 54.0 Å². The van der Waals surface area contributed by atoms with Crippen molar-refractivity contribution in [1.29, 1.82) is 0 Å². The summed E-state index contributed by atoms with van der Waals surface area (Å²) in [6, 6.07) is 0. The molecule has 66 valence electrons. The van der Waals surface area contributed by atoms with Crippen molar-refractivity contribution < 1.29 is 67.7 Å². The molecule has 0 N–H and O–H groups in total. The maximum Gasteiger partial charge on any atom is 0 e. The van der Waals surface area contributed by atoms with Crippen LogP contribution >= 0.6 is 0 Å². The van der Waals surface area contributed by atoms with Crippen molar-refractivity contribution in [2.75, 3.05) is 0 Å². The third-order valence-corrected chi connectivity index (χ3v) is 0. The van der Waals surface area contributed by atoms with E-state index >= 15 is 0 Å². The molecule has 0 aliphatic heterocycles. The molecule has 8 heavy (non-hydrogen) atoms. The van der Waals surface area contributed by atoms with Gasteiger partial charge in [-0.1, -0.05) is 40.5 Å². The average molecular weight is 365 g/mol. The van der Waals surface area contributed by atoms with Gasteiger partial charge in [0.05, 0.1) is 0 Å². The second kappa shape index (κ2) is 78.4. The third kappa shape index (κ3) is 56.7. The van der Waals surface area contributed by atoms with Crippen LogP contribution in [0.1, 0.15) is 0 Å². The van der Waals surface area contributed by atoms with E-state index in [1.807, 2.05) is 0 Å². The largest absolute Gasteiger partial charge is 0.813 e. The van der Waals surface area contributed by atoms with Gasteiger partial charge in [0.1, 0.15) is 0 Å². The number of rotatable bonds is 0. The van der Waals surface area contributed by atoms with Crippen LogP contribution in [0.3, 0.4) is 0 Å². The summed E-state index contributed by atoms with van der Waals surface area (Å²) in [6.07, 6.45) is 0. The van der Waals surface area contributed by atoms with Crippen LogP contribution in [0.5, 0.6) is 0 Å². The van der Waals surface area contributed by atoms with Gasteiger partial charge in [-0.2, -0.15) is 0 Å². The van der Waals surface area contributed by atoms with Gasteiger partial charge in [-0.05, 0) is 0 Å². The molecule has 0 bridgehead atoms. The molecule has 0 aromatic heterocycles. The van der Waals surface area contributed by atoms with Gasteiger partial charge in [0.2, 0.25) is 0 Å². The van der Waals surface area contributed by atoms with Crippen LogP contribution in [0, 0.1) is 0 Å². The Morgan fingerprint density at radius 3 is 0.500 bits per heavy atom. The Labute approximate surface area is 120 Å². The standard InChI is InChI=1S/3Fe.Ni.4H2S/h;;;;4*1H2/p+2. The summed E-state index contributed by atoms with van der Waals surface area (Å²) in [5, 5.41) is 0. The summed E-state index contributed by atoms with van der Waals surface area (Å²) in [5.74, 6) is 0. The first-order chi connectivity index (χ1) is 0. The molecule has 0 saturated heterocycles. The molecule has 0 aromatic carbocycles. The molecule has 0 aliphatic carbocycles. The Balaban J connectivity index is 0. The van der Waals surface area contributed by atoms with Gasteiger partial charge < -0.3 is 13.5 Å². The van der Waals surface area contributed by atoms with Crippen LogP contribution in [-0.2, 0) is 122 Å². The van der Waals surface area contributed by atoms with Gasteiger partial charge in [0, 0.05) is 67.7 Å². The molecule has 0 unspecified atom stereocenters. The maximum atomic E-state index is 0. The minimum Gasteiger partial charge on any atom is -0.813 e. The summed E-state index contributed by atoms with van der Waals surface area (Å²) in [4.78, 5) is 0. The summed E-state index contributed by atoms with van der Waals surface area (Å²) in [7, 11) is 0. The second-order valence-corrected chi connectivity index (χ2v) is 0. The first kappa shape index (κ1) is 105. The van der Waals surface area contributed by atoms with E-state index in [0.717, 1.165) is 0 Å². The molecule has 0 nitrogen and oxygen atoms in total. The molecule has 0 spiro atoms. The second-order valence-electron chi connectivity index (χ2n) is 0. The van der Waals surface area contributed by atoms with Gasteiger partial charge in [-0.25, -0.2) is 0 Å². The summed E-state index contributed by atoms with van der Waals surface area (Å²) in [5.41, 5.74) is 0. The Morgan fingerprint density at radius 1 is 0.500 bits per heavy atom. The molecule has 0 heterocycles. The molecule has 0 rings (SSSR count). The Morgan fingerprint density at radius 2 is 0.500 bits per heavy atom. The van der Waals surface area contributed by atoms with Crippen molar-refractivity contribution in [3.05, 3.63) is 0 Å². The van der Waals surface area contributed by atoms with Crippen molar-refractivity contribution in [3.63, 3.8) is 0 Å². The Kier molecular flexibility index (Phi) is 1030. The van der Waals surface area contributed by atoms with Gasteiger partial charge >= 0.3 is 0 Å². The topological polar surface area (TPSA) is 0 Å². The van der Waals surface area contributed by atoms with Crippen molar-refractivity contribution in [2.24, 2.45) is 0 Å². The van der Waals surface area contributed by atoms with Gasteiger partial charge in [0.25, 0.3) is 0 Å². The number of thiol groups is 1. The van der Waals surface area contributed by atoms with Crippen molar-refractivity contribution in [3.8, 4) is 0 Å². The van der Waals surface area contributed by atoms with Crippen molar-refractivity contribution in [1.82, 2.24) is 0 Å². The molecule has 0 aliphatic rings. The van der Waals surface area contributed by atoms with E-state index < -0.39 is 0 Å². The minimum atomic E-state index is 0. The third-order valence-electron chi connectivity index (χ3n) is 0. The van der Waals surface area contributed by atoms with Gasteiger partial charge in [-0.3, -0.25) is 0 Å². The predicted molar refractivity (Wildman–Crippen MR) is 43.4 cm³/mol. The van der Waals surface area contributed by atoms with Crippen LogP contribution in [0.25, 0.3) is 0 Å². The number of hydrogen-bond donors (Lipinski definition) is 0. The van der Waals surface area contributed by atoms with E-state index in [4.69, 9.17) is 0 Å². The van der Waals surface area contributed by atoms with E-state index in [9.17, 15) is 0 Å². The zero-order valence-electron chi connectivity index (χ0n) is 3.56. The molecule has 0 amide bonds. The Hall–Kier alpha value is 3.45. The van der Waals surface area contributed by atoms with Crippen LogP contribution < -0.4 is 0 Å². The van der Waals surface area contributed by atoms with Gasteiger partial charge in [-0.15, -0.1) is 0 Å². The quantitative estimate of drug-likeness (QED) is 0.195. The zero-order valence-corrected chi connectivity index (χ0v) is 12.2. The molecule has 0 saturated carbocycles. The summed E-state index contributed by atoms with van der Waals surface area (Å²) >= 11 is 0. The van der Waals surface area contributed by atoms with Crippen LogP contribution in [0.4, 0.5) is 0 Å². The fraction of sp³-hybridized carbons (Fsp3) is 0. The fourth-order valence-electron chi connectivity index (χ4n) is 0. The molecule has 0 atom stereocenters. The minimum absolute atomic E-state index is 0. The van der Waals surface area contributed by atoms with Gasteiger partial charge in [0.15, 0.2) is 0 Å². The summed E-state index contributed by atoms with van der Waals surface area (Å²) < 4.78 is 0. The first-order valence-corrected chi connectivity index (χ1v) is 0. The summed E-state index contributed by atoms with van der Waals surface area (Å²) in [6.45, 7) is 0. The number of hydrogen-bond acceptors (Lipinski definition) is 1. The molecule has 0 fully saturated rings. The average Bonchev–Trinajstić information content (AvgIpc) is 0. The van der Waals surface area contributed by atoms with E-state index in [1.54, 1.807) is 0 Å². The fourth-order valence-corrected chi connectivity index (χ4v) is 0. The Bertz CT molecular complexity index is 11.2. The van der Waals surface area contributed by atoms with E-state index in [1.165, 1.54) is 0 Å². The van der Waals surface area contributed by atoms with E-state index in [-0.39, 0.29) is 122 Å². The smallest absolute Gasteiger partial charge is 0 e. The SMILES string of the molecule is [Fe].[Fe].[Fe].[Ni].[SH-].[SH3+].[SH3+].[SH3+]. The predicted octanol–water partition coefficient (Wildman–Crippen LogP) is -2.70. The molecule has 8 heteroatoms. The van der Waals surface area contributed by atoms with Crippen LogP contribution in [0.15, 0.2) is 0 Å². The molecular weight excluding hydrogens is 354 g/mol. The monoisotopic (exact) mass is 364 g/mol. The maximum absolute atomic E-state index is 0. The first-order valence-electron chi connectivity index (χ1n) is 0. The molecular formula is H10Fe3NiS4+2. The normalized spacial score (nSPS) is 0.